The maximum absolute atomic E-state index is 10.7. The van der Waals surface area contributed by atoms with Crippen molar-refractivity contribution in [2.24, 2.45) is 0 Å². The van der Waals surface area contributed by atoms with E-state index in [1.54, 1.807) is 6.07 Å². The number of nitrogens with zero attached hydrogens (tertiary/aromatic N) is 1. The predicted octanol–water partition coefficient (Wildman–Crippen LogP) is 3.98. The Labute approximate surface area is 119 Å². The van der Waals surface area contributed by atoms with Gasteiger partial charge >= 0.3 is 0 Å². The number of ether oxygens (including phenoxy) is 1. The van der Waals surface area contributed by atoms with E-state index in [1.165, 1.54) is 17.7 Å². The third kappa shape index (κ3) is 3.79. The molecule has 0 radical (unpaired) electrons. The maximum atomic E-state index is 10.7. The normalized spacial score (nSPS) is 10.2. The van der Waals surface area contributed by atoms with Gasteiger partial charge in [-0.05, 0) is 27.6 Å². The second kappa shape index (κ2) is 6.33. The van der Waals surface area contributed by atoms with Gasteiger partial charge in [-0.1, -0.05) is 30.3 Å². The molecule has 0 aromatic heterocycles. The van der Waals surface area contributed by atoms with Gasteiger partial charge in [0.1, 0.15) is 5.75 Å². The van der Waals surface area contributed by atoms with Crippen molar-refractivity contribution in [1.29, 1.82) is 0 Å². The molecule has 0 unspecified atom stereocenters. The summed E-state index contributed by atoms with van der Waals surface area (Å²) in [5, 5.41) is 10.7. The molecule has 0 saturated carbocycles. The number of hydrogen-bond acceptors (Lipinski definition) is 3. The van der Waals surface area contributed by atoms with Crippen LogP contribution in [0.25, 0.3) is 0 Å². The first-order chi connectivity index (χ1) is 9.16. The van der Waals surface area contributed by atoms with Crippen LogP contribution in [0.1, 0.15) is 5.56 Å². The van der Waals surface area contributed by atoms with Crippen LogP contribution in [-0.4, -0.2) is 11.5 Å². The van der Waals surface area contributed by atoms with Gasteiger partial charge in [0.05, 0.1) is 22.1 Å². The molecular formula is C14H12BrNO3. The minimum Gasteiger partial charge on any atom is -0.492 e. The average molecular weight is 322 g/mol. The number of halogens is 1. The van der Waals surface area contributed by atoms with Crippen LogP contribution in [0, 0.1) is 10.1 Å². The van der Waals surface area contributed by atoms with Crippen LogP contribution in [0.15, 0.2) is 53.0 Å². The van der Waals surface area contributed by atoms with E-state index in [9.17, 15) is 10.1 Å². The summed E-state index contributed by atoms with van der Waals surface area (Å²) in [5.74, 6) is 0.491. The molecule has 0 heterocycles. The highest BCUT2D eigenvalue weighted by Gasteiger charge is 2.10. The first kappa shape index (κ1) is 13.5. The van der Waals surface area contributed by atoms with Gasteiger partial charge in [-0.15, -0.1) is 0 Å². The number of nitro groups is 1. The maximum Gasteiger partial charge on any atom is 0.273 e. The fraction of sp³-hybridized carbons (Fsp3) is 0.143. The van der Waals surface area contributed by atoms with Crippen molar-refractivity contribution in [3.63, 3.8) is 0 Å². The van der Waals surface area contributed by atoms with Gasteiger partial charge < -0.3 is 4.74 Å². The summed E-state index contributed by atoms with van der Waals surface area (Å²) in [6.45, 7) is 0.476. The number of hydrogen-bond donors (Lipinski definition) is 0. The van der Waals surface area contributed by atoms with Crippen molar-refractivity contribution >= 4 is 21.6 Å². The van der Waals surface area contributed by atoms with Gasteiger partial charge in [0.15, 0.2) is 0 Å². The van der Waals surface area contributed by atoms with E-state index >= 15 is 0 Å². The van der Waals surface area contributed by atoms with E-state index in [4.69, 9.17) is 4.74 Å². The Morgan fingerprint density at radius 2 is 1.89 bits per heavy atom. The van der Waals surface area contributed by atoms with E-state index in [0.717, 1.165) is 6.42 Å². The van der Waals surface area contributed by atoms with Gasteiger partial charge in [0.25, 0.3) is 5.69 Å². The Balaban J connectivity index is 1.99. The lowest BCUT2D eigenvalue weighted by Gasteiger charge is -2.08. The fourth-order valence-corrected chi connectivity index (χ4v) is 2.00. The summed E-state index contributed by atoms with van der Waals surface area (Å²) >= 11 is 3.32. The van der Waals surface area contributed by atoms with E-state index in [1.807, 2.05) is 30.3 Å². The van der Waals surface area contributed by atoms with Crippen LogP contribution in [0.5, 0.6) is 5.75 Å². The molecule has 4 nitrogen and oxygen atoms in total. The van der Waals surface area contributed by atoms with Crippen molar-refractivity contribution in [2.45, 2.75) is 6.42 Å². The minimum absolute atomic E-state index is 0.0258. The standard InChI is InChI=1S/C14H12BrNO3/c15-13-7-6-12(16(17)18)10-14(13)19-9-8-11-4-2-1-3-5-11/h1-7,10H,8-9H2. The molecule has 0 aliphatic carbocycles. The van der Waals surface area contributed by atoms with E-state index < -0.39 is 4.92 Å². The SMILES string of the molecule is O=[N+]([O-])c1ccc(Br)c(OCCc2ccccc2)c1. The molecule has 0 aliphatic rings. The molecule has 0 saturated heterocycles. The molecule has 5 heteroatoms. The minimum atomic E-state index is -0.434. The summed E-state index contributed by atoms with van der Waals surface area (Å²) in [7, 11) is 0. The highest BCUT2D eigenvalue weighted by atomic mass is 79.9. The largest absolute Gasteiger partial charge is 0.492 e. The molecule has 2 rings (SSSR count). The van der Waals surface area contributed by atoms with Gasteiger partial charge in [0, 0.05) is 12.5 Å². The van der Waals surface area contributed by atoms with Crippen LogP contribution in [0.2, 0.25) is 0 Å². The lowest BCUT2D eigenvalue weighted by Crippen LogP contribution is -2.02. The van der Waals surface area contributed by atoms with E-state index in [-0.39, 0.29) is 5.69 Å². The molecule has 19 heavy (non-hydrogen) atoms. The molecule has 0 amide bonds. The second-order valence-corrected chi connectivity index (χ2v) is 4.81. The third-order valence-corrected chi connectivity index (χ3v) is 3.27. The summed E-state index contributed by atoms with van der Waals surface area (Å²) in [6.07, 6.45) is 0.760. The van der Waals surface area contributed by atoms with Crippen LogP contribution < -0.4 is 4.74 Å². The van der Waals surface area contributed by atoms with Gasteiger partial charge in [-0.3, -0.25) is 10.1 Å². The predicted molar refractivity (Wildman–Crippen MR) is 76.4 cm³/mol. The Morgan fingerprint density at radius 3 is 2.58 bits per heavy atom. The second-order valence-electron chi connectivity index (χ2n) is 3.96. The quantitative estimate of drug-likeness (QED) is 0.618. The molecular weight excluding hydrogens is 310 g/mol. The first-order valence-corrected chi connectivity index (χ1v) is 6.57. The molecule has 2 aromatic carbocycles. The number of benzene rings is 2. The summed E-state index contributed by atoms with van der Waals surface area (Å²) in [4.78, 5) is 10.3. The van der Waals surface area contributed by atoms with Gasteiger partial charge in [0.2, 0.25) is 0 Å². The smallest absolute Gasteiger partial charge is 0.273 e. The first-order valence-electron chi connectivity index (χ1n) is 5.77. The topological polar surface area (TPSA) is 52.4 Å². The highest BCUT2D eigenvalue weighted by molar-refractivity contribution is 9.10. The number of non-ortho nitro benzene ring substituents is 1. The Bertz CT molecular complexity index is 572. The summed E-state index contributed by atoms with van der Waals surface area (Å²) < 4.78 is 6.29. The van der Waals surface area contributed by atoms with Crippen molar-refractivity contribution in [3.05, 3.63) is 68.7 Å². The van der Waals surface area contributed by atoms with Crippen molar-refractivity contribution in [3.8, 4) is 5.75 Å². The monoisotopic (exact) mass is 321 g/mol. The molecule has 0 fully saturated rings. The van der Waals surface area contributed by atoms with Crippen LogP contribution >= 0.6 is 15.9 Å². The van der Waals surface area contributed by atoms with E-state index in [0.29, 0.717) is 16.8 Å². The van der Waals surface area contributed by atoms with Crippen LogP contribution in [0.3, 0.4) is 0 Å². The van der Waals surface area contributed by atoms with Crippen LogP contribution in [-0.2, 0) is 6.42 Å². The molecule has 0 spiro atoms. The molecule has 2 aromatic rings. The molecule has 0 N–H and O–H groups in total. The highest BCUT2D eigenvalue weighted by Crippen LogP contribution is 2.29. The van der Waals surface area contributed by atoms with Crippen molar-refractivity contribution in [2.75, 3.05) is 6.61 Å². The van der Waals surface area contributed by atoms with Crippen LogP contribution in [0.4, 0.5) is 5.69 Å². The Hall–Kier alpha value is -1.88. The number of nitro benzene ring substituents is 1. The Kier molecular flexibility index (Phi) is 4.52. The zero-order valence-electron chi connectivity index (χ0n) is 10.1. The summed E-state index contributed by atoms with van der Waals surface area (Å²) in [6, 6.07) is 14.4. The number of rotatable bonds is 5. The summed E-state index contributed by atoms with van der Waals surface area (Å²) in [5.41, 5.74) is 1.20. The molecule has 0 atom stereocenters. The average Bonchev–Trinajstić information content (AvgIpc) is 2.42. The zero-order valence-corrected chi connectivity index (χ0v) is 11.7. The van der Waals surface area contributed by atoms with Gasteiger partial charge in [-0.2, -0.15) is 0 Å². The molecule has 98 valence electrons. The van der Waals surface area contributed by atoms with Crippen molar-refractivity contribution < 1.29 is 9.66 Å². The lowest BCUT2D eigenvalue weighted by molar-refractivity contribution is -0.385. The molecule has 0 aliphatic heterocycles. The Morgan fingerprint density at radius 1 is 1.16 bits per heavy atom. The third-order valence-electron chi connectivity index (χ3n) is 2.62. The fourth-order valence-electron chi connectivity index (χ4n) is 1.64. The van der Waals surface area contributed by atoms with Crippen molar-refractivity contribution in [1.82, 2.24) is 0 Å². The van der Waals surface area contributed by atoms with Gasteiger partial charge in [-0.25, -0.2) is 0 Å². The zero-order chi connectivity index (χ0) is 13.7. The lowest BCUT2D eigenvalue weighted by atomic mass is 10.2. The van der Waals surface area contributed by atoms with E-state index in [2.05, 4.69) is 15.9 Å². The molecule has 0 bridgehead atoms.